The first-order valence-corrected chi connectivity index (χ1v) is 8.13. The third kappa shape index (κ3) is 3.68. The van der Waals surface area contributed by atoms with Gasteiger partial charge in [0.1, 0.15) is 30.0 Å². The molecule has 0 saturated heterocycles. The van der Waals surface area contributed by atoms with Gasteiger partial charge in [0.25, 0.3) is 0 Å². The van der Waals surface area contributed by atoms with Gasteiger partial charge in [0, 0.05) is 0 Å². The van der Waals surface area contributed by atoms with E-state index in [2.05, 4.69) is 4.98 Å². The summed E-state index contributed by atoms with van der Waals surface area (Å²) < 4.78 is 13.1. The van der Waals surface area contributed by atoms with Crippen molar-refractivity contribution >= 4 is 11.0 Å². The van der Waals surface area contributed by atoms with Crippen LogP contribution in [0.3, 0.4) is 0 Å². The molecule has 0 aliphatic rings. The van der Waals surface area contributed by atoms with E-state index in [0.717, 1.165) is 22.6 Å². The summed E-state index contributed by atoms with van der Waals surface area (Å²) in [5, 5.41) is 10.3. The third-order valence-corrected chi connectivity index (χ3v) is 3.82. The number of aromatic nitrogens is 2. The molecule has 0 aliphatic heterocycles. The SMILES string of the molecule is CCOc1ccc(OC[C@@H](O)Cn2c(C)nc3ccccc32)cc1. The molecule has 1 N–H and O–H groups in total. The molecule has 0 saturated carbocycles. The van der Waals surface area contributed by atoms with E-state index in [1.807, 2.05) is 66.9 Å². The van der Waals surface area contributed by atoms with Crippen LogP contribution in [0.2, 0.25) is 0 Å². The highest BCUT2D eigenvalue weighted by molar-refractivity contribution is 5.75. The molecule has 1 aromatic heterocycles. The minimum absolute atomic E-state index is 0.222. The summed E-state index contributed by atoms with van der Waals surface area (Å²) in [6.07, 6.45) is -0.618. The fourth-order valence-corrected chi connectivity index (χ4v) is 2.68. The quantitative estimate of drug-likeness (QED) is 0.724. The lowest BCUT2D eigenvalue weighted by atomic mass is 10.3. The van der Waals surface area contributed by atoms with E-state index < -0.39 is 6.10 Å². The smallest absolute Gasteiger partial charge is 0.119 e. The number of ether oxygens (including phenoxy) is 2. The number of benzene rings is 2. The highest BCUT2D eigenvalue weighted by atomic mass is 16.5. The van der Waals surface area contributed by atoms with Gasteiger partial charge in [-0.2, -0.15) is 0 Å². The second-order valence-corrected chi connectivity index (χ2v) is 5.63. The van der Waals surface area contributed by atoms with Crippen molar-refractivity contribution in [2.75, 3.05) is 13.2 Å². The molecule has 1 heterocycles. The van der Waals surface area contributed by atoms with Gasteiger partial charge in [-0.25, -0.2) is 4.98 Å². The van der Waals surface area contributed by atoms with Crippen LogP contribution >= 0.6 is 0 Å². The number of fused-ring (bicyclic) bond motifs is 1. The number of hydrogen-bond donors (Lipinski definition) is 1. The average Bonchev–Trinajstić information content (AvgIpc) is 2.90. The van der Waals surface area contributed by atoms with Crippen molar-refractivity contribution in [1.82, 2.24) is 9.55 Å². The molecular weight excluding hydrogens is 304 g/mol. The standard InChI is InChI=1S/C19H22N2O3/c1-3-23-16-8-10-17(11-9-16)24-13-15(22)12-21-14(2)20-18-6-4-5-7-19(18)21/h4-11,15,22H,3,12-13H2,1-2H3/t15-/m0/s1. The molecule has 3 aromatic rings. The third-order valence-electron chi connectivity index (χ3n) is 3.82. The molecule has 0 bridgehead atoms. The van der Waals surface area contributed by atoms with Crippen LogP contribution in [0.15, 0.2) is 48.5 Å². The van der Waals surface area contributed by atoms with Crippen LogP contribution in [0.1, 0.15) is 12.7 Å². The Kier molecular flexibility index (Phi) is 5.01. The molecule has 126 valence electrons. The largest absolute Gasteiger partial charge is 0.494 e. The molecule has 0 unspecified atom stereocenters. The fourth-order valence-electron chi connectivity index (χ4n) is 2.68. The number of aryl methyl sites for hydroxylation is 1. The van der Waals surface area contributed by atoms with Gasteiger partial charge < -0.3 is 19.1 Å². The average molecular weight is 326 g/mol. The molecule has 0 aliphatic carbocycles. The Labute approximate surface area is 141 Å². The van der Waals surface area contributed by atoms with Gasteiger partial charge in [-0.1, -0.05) is 12.1 Å². The van der Waals surface area contributed by atoms with E-state index >= 15 is 0 Å². The van der Waals surface area contributed by atoms with Gasteiger partial charge in [0.2, 0.25) is 0 Å². The van der Waals surface area contributed by atoms with Crippen LogP contribution in [0, 0.1) is 6.92 Å². The maximum atomic E-state index is 10.3. The molecular formula is C19H22N2O3. The molecule has 24 heavy (non-hydrogen) atoms. The van der Waals surface area contributed by atoms with Gasteiger partial charge in [0.05, 0.1) is 24.2 Å². The Hall–Kier alpha value is -2.53. The predicted octanol–water partition coefficient (Wildman–Crippen LogP) is 3.18. The zero-order valence-electron chi connectivity index (χ0n) is 14.0. The predicted molar refractivity (Wildman–Crippen MR) is 93.6 cm³/mol. The first-order valence-electron chi connectivity index (χ1n) is 8.13. The van der Waals surface area contributed by atoms with Gasteiger partial charge in [-0.05, 0) is 50.2 Å². The van der Waals surface area contributed by atoms with E-state index in [1.54, 1.807) is 0 Å². The number of rotatable bonds is 7. The molecule has 0 radical (unpaired) electrons. The first-order chi connectivity index (χ1) is 11.7. The molecule has 5 heteroatoms. The highest BCUT2D eigenvalue weighted by Gasteiger charge is 2.12. The van der Waals surface area contributed by atoms with E-state index in [0.29, 0.717) is 18.9 Å². The zero-order chi connectivity index (χ0) is 16.9. The van der Waals surface area contributed by atoms with E-state index in [4.69, 9.17) is 9.47 Å². The summed E-state index contributed by atoms with van der Waals surface area (Å²) in [4.78, 5) is 4.51. The molecule has 1 atom stereocenters. The molecule has 0 spiro atoms. The maximum Gasteiger partial charge on any atom is 0.119 e. The number of aliphatic hydroxyl groups excluding tert-OH is 1. The number of imidazole rings is 1. The lowest BCUT2D eigenvalue weighted by Crippen LogP contribution is -2.24. The lowest BCUT2D eigenvalue weighted by Gasteiger charge is -2.15. The van der Waals surface area contributed by atoms with Crippen LogP contribution in [0.4, 0.5) is 0 Å². The summed E-state index contributed by atoms with van der Waals surface area (Å²) in [7, 11) is 0. The monoisotopic (exact) mass is 326 g/mol. The summed E-state index contributed by atoms with van der Waals surface area (Å²) in [6, 6.07) is 15.3. The Morgan fingerprint density at radius 3 is 2.42 bits per heavy atom. The van der Waals surface area contributed by atoms with Crippen molar-refractivity contribution in [2.45, 2.75) is 26.5 Å². The molecule has 2 aromatic carbocycles. The Bertz CT molecular complexity index is 796. The number of nitrogens with zero attached hydrogens (tertiary/aromatic N) is 2. The summed E-state index contributed by atoms with van der Waals surface area (Å²) in [5.74, 6) is 2.41. The van der Waals surface area contributed by atoms with Gasteiger partial charge in [-0.15, -0.1) is 0 Å². The Morgan fingerprint density at radius 1 is 1.04 bits per heavy atom. The number of hydrogen-bond acceptors (Lipinski definition) is 4. The van der Waals surface area contributed by atoms with Gasteiger partial charge >= 0.3 is 0 Å². The normalized spacial score (nSPS) is 12.3. The second kappa shape index (κ2) is 7.36. The van der Waals surface area contributed by atoms with Crippen LogP contribution in [-0.4, -0.2) is 34.0 Å². The van der Waals surface area contributed by atoms with Gasteiger partial charge in [-0.3, -0.25) is 0 Å². The van der Waals surface area contributed by atoms with Crippen LogP contribution in [-0.2, 0) is 6.54 Å². The summed E-state index contributed by atoms with van der Waals surface area (Å²) in [5.41, 5.74) is 1.96. The highest BCUT2D eigenvalue weighted by Crippen LogP contribution is 2.19. The van der Waals surface area contributed by atoms with Crippen molar-refractivity contribution in [3.05, 3.63) is 54.4 Å². The minimum Gasteiger partial charge on any atom is -0.494 e. The first kappa shape index (κ1) is 16.3. The summed E-state index contributed by atoms with van der Waals surface area (Å²) in [6.45, 7) is 5.20. The van der Waals surface area contributed by atoms with E-state index in [-0.39, 0.29) is 6.61 Å². The van der Waals surface area contributed by atoms with Crippen LogP contribution in [0.5, 0.6) is 11.5 Å². The molecule has 3 rings (SSSR count). The number of aliphatic hydroxyl groups is 1. The second-order valence-electron chi connectivity index (χ2n) is 5.63. The van der Waals surface area contributed by atoms with Gasteiger partial charge in [0.15, 0.2) is 0 Å². The van der Waals surface area contributed by atoms with E-state index in [9.17, 15) is 5.11 Å². The lowest BCUT2D eigenvalue weighted by molar-refractivity contribution is 0.0929. The molecule has 5 nitrogen and oxygen atoms in total. The molecule has 0 amide bonds. The molecule has 0 fully saturated rings. The van der Waals surface area contributed by atoms with Crippen molar-refractivity contribution in [2.24, 2.45) is 0 Å². The van der Waals surface area contributed by atoms with Crippen molar-refractivity contribution in [3.63, 3.8) is 0 Å². The van der Waals surface area contributed by atoms with Crippen molar-refractivity contribution in [1.29, 1.82) is 0 Å². The topological polar surface area (TPSA) is 56.5 Å². The minimum atomic E-state index is -0.618. The van der Waals surface area contributed by atoms with Crippen molar-refractivity contribution in [3.8, 4) is 11.5 Å². The zero-order valence-corrected chi connectivity index (χ0v) is 14.0. The number of para-hydroxylation sites is 2. The van der Waals surface area contributed by atoms with Crippen LogP contribution in [0.25, 0.3) is 11.0 Å². The maximum absolute atomic E-state index is 10.3. The van der Waals surface area contributed by atoms with Crippen LogP contribution < -0.4 is 9.47 Å². The van der Waals surface area contributed by atoms with Crippen molar-refractivity contribution < 1.29 is 14.6 Å². The summed E-state index contributed by atoms with van der Waals surface area (Å²) >= 11 is 0. The Morgan fingerprint density at radius 2 is 1.71 bits per heavy atom. The fraction of sp³-hybridized carbons (Fsp3) is 0.316. The Balaban J connectivity index is 1.60. The van der Waals surface area contributed by atoms with E-state index in [1.165, 1.54) is 0 Å².